The van der Waals surface area contributed by atoms with E-state index in [0.29, 0.717) is 17.6 Å². The van der Waals surface area contributed by atoms with Crippen LogP contribution in [0.2, 0.25) is 0 Å². The van der Waals surface area contributed by atoms with Crippen LogP contribution in [0.4, 0.5) is 11.4 Å². The summed E-state index contributed by atoms with van der Waals surface area (Å²) in [7, 11) is 0. The number of thiocarbonyl (C=S) groups is 1. The van der Waals surface area contributed by atoms with E-state index in [1.54, 1.807) is 0 Å². The highest BCUT2D eigenvalue weighted by atomic mass is 32.1. The highest BCUT2D eigenvalue weighted by Crippen LogP contribution is 2.28. The van der Waals surface area contributed by atoms with Gasteiger partial charge in [0.2, 0.25) is 5.91 Å². The minimum Gasteiger partial charge on any atom is -0.378 e. The molecule has 0 unspecified atom stereocenters. The quantitative estimate of drug-likeness (QED) is 0.542. The zero-order valence-corrected chi connectivity index (χ0v) is 17.1. The number of nitrogens with one attached hydrogen (secondary N) is 2. The number of anilines is 2. The van der Waals surface area contributed by atoms with Crippen molar-refractivity contribution in [3.8, 4) is 0 Å². The van der Waals surface area contributed by atoms with Crippen LogP contribution in [0, 0.1) is 6.92 Å². The smallest absolute Gasteiger partial charge is 0.227 e. The number of hydrogen-bond donors (Lipinski definition) is 2. The van der Waals surface area contributed by atoms with E-state index < -0.39 is 0 Å². The largest absolute Gasteiger partial charge is 0.378 e. The van der Waals surface area contributed by atoms with Gasteiger partial charge in [0.05, 0.1) is 6.10 Å². The van der Waals surface area contributed by atoms with Crippen molar-refractivity contribution in [3.05, 3.63) is 23.8 Å². The summed E-state index contributed by atoms with van der Waals surface area (Å²) in [4.78, 5) is 13.9. The maximum Gasteiger partial charge on any atom is 0.227 e. The van der Waals surface area contributed by atoms with Gasteiger partial charge in [-0.1, -0.05) is 25.3 Å². The summed E-state index contributed by atoms with van der Waals surface area (Å²) >= 11 is 5.40. The Bertz CT molecular complexity index is 659. The molecular weight excluding hydrogens is 358 g/mol. The number of ether oxygens (including phenoxy) is 1. The number of benzene rings is 1. The molecule has 6 heteroatoms. The van der Waals surface area contributed by atoms with Crippen molar-refractivity contribution in [3.63, 3.8) is 0 Å². The molecule has 2 fully saturated rings. The van der Waals surface area contributed by atoms with Gasteiger partial charge in [-0.25, -0.2) is 0 Å². The highest BCUT2D eigenvalue weighted by molar-refractivity contribution is 7.80. The Hall–Kier alpha value is -1.66. The zero-order chi connectivity index (χ0) is 19.1. The summed E-state index contributed by atoms with van der Waals surface area (Å²) in [6.07, 6.45) is 9.36. The molecule has 1 amide bonds. The van der Waals surface area contributed by atoms with Crippen molar-refractivity contribution in [2.24, 2.45) is 0 Å². The maximum atomic E-state index is 12.0. The van der Waals surface area contributed by atoms with Gasteiger partial charge in [0, 0.05) is 37.5 Å². The van der Waals surface area contributed by atoms with Gasteiger partial charge in [0.15, 0.2) is 5.11 Å². The third-order valence-corrected chi connectivity index (χ3v) is 5.59. The van der Waals surface area contributed by atoms with Gasteiger partial charge in [-0.2, -0.15) is 0 Å². The number of hydrogen-bond acceptors (Lipinski definition) is 3. The van der Waals surface area contributed by atoms with E-state index in [2.05, 4.69) is 10.6 Å². The van der Waals surface area contributed by atoms with Crippen LogP contribution >= 0.6 is 12.2 Å². The molecule has 1 aliphatic heterocycles. The fraction of sp³-hybridized carbons (Fsp3) is 0.619. The molecule has 1 saturated heterocycles. The molecule has 2 aliphatic rings. The molecule has 1 heterocycles. The maximum absolute atomic E-state index is 12.0. The van der Waals surface area contributed by atoms with Gasteiger partial charge < -0.3 is 20.3 Å². The number of amides is 1. The van der Waals surface area contributed by atoms with Crippen molar-refractivity contribution in [1.82, 2.24) is 5.32 Å². The summed E-state index contributed by atoms with van der Waals surface area (Å²) in [5.74, 6) is 0.203. The van der Waals surface area contributed by atoms with Gasteiger partial charge >= 0.3 is 0 Å². The standard InChI is InChI=1S/C21H31N3O2S/c1-16-10-11-17(15-19(16)24-13-5-9-20(24)25)23-21(27)22-12-6-14-26-18-7-3-2-4-8-18/h10-11,15,18H,2-9,12-14H2,1H3,(H2,22,23,27). The topological polar surface area (TPSA) is 53.6 Å². The van der Waals surface area contributed by atoms with Gasteiger partial charge in [0.25, 0.3) is 0 Å². The molecule has 1 aromatic rings. The van der Waals surface area contributed by atoms with Crippen molar-refractivity contribution in [1.29, 1.82) is 0 Å². The van der Waals surface area contributed by atoms with Gasteiger partial charge in [-0.15, -0.1) is 0 Å². The van der Waals surface area contributed by atoms with E-state index in [0.717, 1.165) is 49.5 Å². The van der Waals surface area contributed by atoms with Gasteiger partial charge in [-0.3, -0.25) is 4.79 Å². The average Bonchev–Trinajstić information content (AvgIpc) is 3.09. The molecule has 27 heavy (non-hydrogen) atoms. The predicted molar refractivity (Wildman–Crippen MR) is 114 cm³/mol. The van der Waals surface area contributed by atoms with E-state index in [4.69, 9.17) is 17.0 Å². The van der Waals surface area contributed by atoms with E-state index in [9.17, 15) is 4.79 Å². The third kappa shape index (κ3) is 5.91. The fourth-order valence-electron chi connectivity index (χ4n) is 3.81. The molecule has 0 bridgehead atoms. The molecule has 1 aromatic carbocycles. The normalized spacial score (nSPS) is 18.0. The summed E-state index contributed by atoms with van der Waals surface area (Å²) in [6.45, 7) is 4.41. The molecule has 2 N–H and O–H groups in total. The van der Waals surface area contributed by atoms with Gasteiger partial charge in [0.1, 0.15) is 0 Å². The molecule has 0 atom stereocenters. The van der Waals surface area contributed by atoms with Crippen LogP contribution in [-0.2, 0) is 9.53 Å². The Labute approximate surface area is 167 Å². The second kappa shape index (κ2) is 10.0. The number of nitrogens with zero attached hydrogens (tertiary/aromatic N) is 1. The lowest BCUT2D eigenvalue weighted by molar-refractivity contribution is -0.117. The minimum atomic E-state index is 0.203. The van der Waals surface area contributed by atoms with Crippen LogP contribution in [-0.4, -0.2) is 36.8 Å². The molecule has 0 spiro atoms. The molecular formula is C21H31N3O2S. The number of carbonyl (C=O) groups excluding carboxylic acids is 1. The Balaban J connectivity index is 1.40. The van der Waals surface area contributed by atoms with Crippen molar-refractivity contribution in [2.45, 2.75) is 64.4 Å². The summed E-state index contributed by atoms with van der Waals surface area (Å²) < 4.78 is 5.94. The summed E-state index contributed by atoms with van der Waals surface area (Å²) in [5.41, 5.74) is 2.99. The van der Waals surface area contributed by atoms with Crippen molar-refractivity contribution < 1.29 is 9.53 Å². The van der Waals surface area contributed by atoms with Gasteiger partial charge in [-0.05, 0) is 62.5 Å². The first-order chi connectivity index (χ1) is 13.1. The second-order valence-corrected chi connectivity index (χ2v) is 7.92. The first kappa shape index (κ1) is 20.1. The molecule has 3 rings (SSSR count). The Morgan fingerprint density at radius 2 is 2.07 bits per heavy atom. The zero-order valence-electron chi connectivity index (χ0n) is 16.3. The Morgan fingerprint density at radius 1 is 1.26 bits per heavy atom. The van der Waals surface area contributed by atoms with Crippen LogP contribution in [0.25, 0.3) is 0 Å². The molecule has 1 saturated carbocycles. The van der Waals surface area contributed by atoms with Crippen molar-refractivity contribution in [2.75, 3.05) is 29.9 Å². The molecule has 5 nitrogen and oxygen atoms in total. The lowest BCUT2D eigenvalue weighted by Crippen LogP contribution is -2.30. The number of aryl methyl sites for hydroxylation is 1. The summed E-state index contributed by atoms with van der Waals surface area (Å²) in [6, 6.07) is 6.04. The van der Waals surface area contributed by atoms with Crippen LogP contribution in [0.15, 0.2) is 18.2 Å². The molecule has 148 valence electrons. The van der Waals surface area contributed by atoms with Crippen LogP contribution < -0.4 is 15.5 Å². The van der Waals surface area contributed by atoms with Crippen molar-refractivity contribution >= 4 is 34.6 Å². The monoisotopic (exact) mass is 389 g/mol. The molecule has 0 radical (unpaired) electrons. The lowest BCUT2D eigenvalue weighted by Gasteiger charge is -2.22. The average molecular weight is 390 g/mol. The van der Waals surface area contributed by atoms with Crippen LogP contribution in [0.5, 0.6) is 0 Å². The third-order valence-electron chi connectivity index (χ3n) is 5.34. The van der Waals surface area contributed by atoms with Crippen LogP contribution in [0.1, 0.15) is 56.9 Å². The van der Waals surface area contributed by atoms with E-state index >= 15 is 0 Å². The SMILES string of the molecule is Cc1ccc(NC(=S)NCCCOC2CCCCC2)cc1N1CCCC1=O. The summed E-state index contributed by atoms with van der Waals surface area (Å²) in [5, 5.41) is 7.08. The fourth-order valence-corrected chi connectivity index (χ4v) is 4.03. The van der Waals surface area contributed by atoms with E-state index in [-0.39, 0.29) is 5.91 Å². The molecule has 0 aromatic heterocycles. The second-order valence-electron chi connectivity index (χ2n) is 7.52. The Kier molecular flexibility index (Phi) is 7.47. The number of carbonyl (C=O) groups is 1. The lowest BCUT2D eigenvalue weighted by atomic mass is 9.98. The predicted octanol–water partition coefficient (Wildman–Crippen LogP) is 4.15. The van der Waals surface area contributed by atoms with Crippen LogP contribution in [0.3, 0.4) is 0 Å². The van der Waals surface area contributed by atoms with E-state index in [1.165, 1.54) is 32.1 Å². The first-order valence-corrected chi connectivity index (χ1v) is 10.6. The first-order valence-electron chi connectivity index (χ1n) is 10.2. The minimum absolute atomic E-state index is 0.203. The Morgan fingerprint density at radius 3 is 2.81 bits per heavy atom. The molecule has 1 aliphatic carbocycles. The highest BCUT2D eigenvalue weighted by Gasteiger charge is 2.23. The van der Waals surface area contributed by atoms with E-state index in [1.807, 2.05) is 30.0 Å². The number of rotatable bonds is 7.